The predicted molar refractivity (Wildman–Crippen MR) is 48.3 cm³/mol. The Bertz CT molecular complexity index is 502. The van der Waals surface area contributed by atoms with Crippen LogP contribution in [0.15, 0.2) is 23.8 Å². The molecule has 0 heterocycles. The van der Waals surface area contributed by atoms with Crippen molar-refractivity contribution < 1.29 is 31.5 Å². The molecular weight excluding hydrogens is 249 g/mol. The van der Waals surface area contributed by atoms with Crippen molar-refractivity contribution >= 4 is 21.1 Å². The van der Waals surface area contributed by atoms with Gasteiger partial charge in [-0.25, -0.2) is 0 Å². The largest absolute Gasteiger partial charge is 0.481 e. The molecule has 1 rings (SSSR count). The van der Waals surface area contributed by atoms with Crippen LogP contribution in [0.3, 0.4) is 0 Å². The van der Waals surface area contributed by atoms with Crippen LogP contribution in [-0.4, -0.2) is 30.5 Å². The zero-order valence-electron chi connectivity index (χ0n) is 7.52. The molecule has 0 spiro atoms. The average Bonchev–Trinajstić information content (AvgIpc) is 2.15. The second kappa shape index (κ2) is 4.12. The van der Waals surface area contributed by atoms with Crippen LogP contribution in [0.2, 0.25) is 0 Å². The Kier molecular flexibility index (Phi) is 3.22. The van der Waals surface area contributed by atoms with Crippen LogP contribution in [0.5, 0.6) is 0 Å². The van der Waals surface area contributed by atoms with E-state index in [4.69, 9.17) is 5.11 Å². The van der Waals surface area contributed by atoms with E-state index >= 15 is 0 Å². The molecule has 8 heteroatoms. The molecule has 88 valence electrons. The summed E-state index contributed by atoms with van der Waals surface area (Å²) in [6.45, 7) is 0. The van der Waals surface area contributed by atoms with Crippen LogP contribution < -0.4 is 0 Å². The quantitative estimate of drug-likeness (QED) is 0.702. The van der Waals surface area contributed by atoms with Crippen molar-refractivity contribution in [1.82, 2.24) is 0 Å². The summed E-state index contributed by atoms with van der Waals surface area (Å²) in [6, 6.07) is 0. The standard InChI is InChI=1S/C8H5F3O4S/c9-8(10,11)4-1-2-6(16(14)15)5(3-4)7(12)13/h1-3,5H,(H,12,13). The lowest BCUT2D eigenvalue weighted by molar-refractivity contribution is -0.138. The molecule has 0 aromatic heterocycles. The zero-order valence-corrected chi connectivity index (χ0v) is 8.34. The van der Waals surface area contributed by atoms with Gasteiger partial charge in [0.25, 0.3) is 0 Å². The number of carboxylic acid groups (broad SMARTS) is 1. The minimum absolute atomic E-state index is 0.369. The van der Waals surface area contributed by atoms with E-state index in [1.807, 2.05) is 0 Å². The lowest BCUT2D eigenvalue weighted by atomic mass is 9.96. The van der Waals surface area contributed by atoms with Crippen molar-refractivity contribution in [2.24, 2.45) is 5.92 Å². The van der Waals surface area contributed by atoms with Crippen molar-refractivity contribution in [3.63, 3.8) is 0 Å². The first-order chi connectivity index (χ1) is 7.23. The number of aliphatic carboxylic acids is 1. The van der Waals surface area contributed by atoms with Gasteiger partial charge in [0.05, 0.1) is 10.4 Å². The summed E-state index contributed by atoms with van der Waals surface area (Å²) in [5, 5.41) is 8.60. The Labute approximate surface area is 89.2 Å². The first-order valence-corrected chi connectivity index (χ1v) is 4.97. The average molecular weight is 254 g/mol. The van der Waals surface area contributed by atoms with E-state index in [0.717, 1.165) is 0 Å². The summed E-state index contributed by atoms with van der Waals surface area (Å²) < 4.78 is 57.8. The molecule has 1 aliphatic rings. The third kappa shape index (κ3) is 2.51. The first-order valence-electron chi connectivity index (χ1n) is 3.89. The van der Waals surface area contributed by atoms with Crippen LogP contribution in [0.4, 0.5) is 13.2 Å². The highest BCUT2D eigenvalue weighted by Gasteiger charge is 2.36. The van der Waals surface area contributed by atoms with Crippen molar-refractivity contribution in [2.75, 3.05) is 0 Å². The minimum atomic E-state index is -4.69. The maximum absolute atomic E-state index is 12.2. The highest BCUT2D eigenvalue weighted by atomic mass is 32.2. The lowest BCUT2D eigenvalue weighted by Gasteiger charge is -2.15. The number of rotatable bonds is 1. The molecule has 0 bridgehead atoms. The van der Waals surface area contributed by atoms with Gasteiger partial charge in [0.1, 0.15) is 5.92 Å². The normalized spacial score (nSPS) is 20.6. The third-order valence-corrected chi connectivity index (χ3v) is 2.64. The van der Waals surface area contributed by atoms with E-state index in [1.165, 1.54) is 0 Å². The zero-order chi connectivity index (χ0) is 12.5. The first kappa shape index (κ1) is 12.5. The summed E-state index contributed by atoms with van der Waals surface area (Å²) >= 11 is 0. The van der Waals surface area contributed by atoms with Gasteiger partial charge in [-0.2, -0.15) is 21.6 Å². The van der Waals surface area contributed by atoms with Crippen LogP contribution >= 0.6 is 0 Å². The summed E-state index contributed by atoms with van der Waals surface area (Å²) in [7, 11) is -2.86. The molecule has 0 aromatic rings. The molecule has 1 aliphatic carbocycles. The van der Waals surface area contributed by atoms with Gasteiger partial charge in [-0.3, -0.25) is 4.79 Å². The van der Waals surface area contributed by atoms with E-state index in [-0.39, 0.29) is 0 Å². The van der Waals surface area contributed by atoms with Crippen molar-refractivity contribution in [2.45, 2.75) is 6.18 Å². The summed E-state index contributed by atoms with van der Waals surface area (Å²) in [5.74, 6) is -3.44. The molecule has 0 amide bonds. The Morgan fingerprint density at radius 3 is 2.25 bits per heavy atom. The fourth-order valence-corrected chi connectivity index (χ4v) is 1.69. The molecule has 0 radical (unpaired) electrons. The number of hydrogen-bond acceptors (Lipinski definition) is 3. The van der Waals surface area contributed by atoms with E-state index in [9.17, 15) is 26.4 Å². The number of carbonyl (C=O) groups is 1. The second-order valence-electron chi connectivity index (χ2n) is 2.91. The van der Waals surface area contributed by atoms with Gasteiger partial charge in [-0.15, -0.1) is 0 Å². The van der Waals surface area contributed by atoms with Crippen LogP contribution in [-0.2, 0) is 15.1 Å². The maximum atomic E-state index is 12.2. The van der Waals surface area contributed by atoms with E-state index in [1.54, 1.807) is 0 Å². The highest BCUT2D eigenvalue weighted by Crippen LogP contribution is 2.30. The van der Waals surface area contributed by atoms with E-state index < -0.39 is 38.8 Å². The van der Waals surface area contributed by atoms with E-state index in [0.29, 0.717) is 18.2 Å². The Balaban J connectivity index is 3.30. The van der Waals surface area contributed by atoms with Gasteiger partial charge < -0.3 is 5.11 Å². The number of allylic oxidation sites excluding steroid dienone is 3. The molecule has 0 aliphatic heterocycles. The number of halogens is 3. The number of alkyl halides is 3. The van der Waals surface area contributed by atoms with Gasteiger partial charge in [0, 0.05) is 0 Å². The Hall–Kier alpha value is -1.57. The summed E-state index contributed by atoms with van der Waals surface area (Å²) in [4.78, 5) is 10.0. The monoisotopic (exact) mass is 254 g/mol. The molecule has 1 atom stereocenters. The van der Waals surface area contributed by atoms with Crippen LogP contribution in [0.1, 0.15) is 0 Å². The minimum Gasteiger partial charge on any atom is -0.481 e. The van der Waals surface area contributed by atoms with Gasteiger partial charge in [0.2, 0.25) is 10.3 Å². The predicted octanol–water partition coefficient (Wildman–Crippen LogP) is 0.797. The maximum Gasteiger partial charge on any atom is 0.416 e. The third-order valence-electron chi connectivity index (χ3n) is 1.87. The van der Waals surface area contributed by atoms with Crippen LogP contribution in [0.25, 0.3) is 0 Å². The fourth-order valence-electron chi connectivity index (χ4n) is 1.13. The molecule has 16 heavy (non-hydrogen) atoms. The summed E-state index contributed by atoms with van der Waals surface area (Å²) in [5.41, 5.74) is -1.17. The van der Waals surface area contributed by atoms with Gasteiger partial charge in [0.15, 0.2) is 0 Å². The Morgan fingerprint density at radius 2 is 1.88 bits per heavy atom. The van der Waals surface area contributed by atoms with Crippen molar-refractivity contribution in [3.05, 3.63) is 23.8 Å². The van der Waals surface area contributed by atoms with Crippen molar-refractivity contribution in [3.8, 4) is 0 Å². The fraction of sp³-hybridized carbons (Fsp3) is 0.250. The smallest absolute Gasteiger partial charge is 0.416 e. The molecule has 0 saturated carbocycles. The number of hydrogen-bond donors (Lipinski definition) is 1. The Morgan fingerprint density at radius 1 is 1.31 bits per heavy atom. The van der Waals surface area contributed by atoms with Crippen molar-refractivity contribution in [1.29, 1.82) is 0 Å². The van der Waals surface area contributed by atoms with Gasteiger partial charge in [-0.1, -0.05) is 6.08 Å². The lowest BCUT2D eigenvalue weighted by Crippen LogP contribution is -2.26. The molecule has 1 unspecified atom stereocenters. The SMILES string of the molecule is O=C(O)C1C=C(C(F)(F)F)C=CC1=S(=O)=O. The highest BCUT2D eigenvalue weighted by molar-refractivity contribution is 7.73. The number of carboxylic acids is 1. The molecule has 0 saturated heterocycles. The molecular formula is C8H5F3O4S. The second-order valence-corrected chi connectivity index (χ2v) is 3.85. The topological polar surface area (TPSA) is 71.4 Å². The molecule has 0 aromatic carbocycles. The molecule has 4 nitrogen and oxygen atoms in total. The van der Waals surface area contributed by atoms with E-state index in [2.05, 4.69) is 0 Å². The molecule has 1 N–H and O–H groups in total. The molecule has 0 fully saturated rings. The van der Waals surface area contributed by atoms with Crippen LogP contribution in [0, 0.1) is 5.92 Å². The summed E-state index contributed by atoms with van der Waals surface area (Å²) in [6.07, 6.45) is -3.15. The van der Waals surface area contributed by atoms with Gasteiger partial charge in [-0.05, 0) is 12.2 Å². The van der Waals surface area contributed by atoms with Gasteiger partial charge >= 0.3 is 12.1 Å².